The van der Waals surface area contributed by atoms with Crippen LogP contribution in [0.2, 0.25) is 0 Å². The van der Waals surface area contributed by atoms with Gasteiger partial charge < -0.3 is 10.8 Å². The predicted octanol–water partition coefficient (Wildman–Crippen LogP) is 1.44. The number of primary amides is 1. The fourth-order valence-electron chi connectivity index (χ4n) is 4.01. The maximum atomic E-state index is 12.8. The van der Waals surface area contributed by atoms with Gasteiger partial charge in [-0.2, -0.15) is 0 Å². The number of amides is 1. The second-order valence-corrected chi connectivity index (χ2v) is 6.62. The number of carboxylic acid groups (broad SMARTS) is 1. The lowest BCUT2D eigenvalue weighted by atomic mass is 9.75. The molecule has 0 saturated carbocycles. The van der Waals surface area contributed by atoms with Gasteiger partial charge in [-0.3, -0.25) is 14.6 Å². The van der Waals surface area contributed by atoms with Crippen LogP contribution in [0.25, 0.3) is 0 Å². The molecule has 2 aromatic rings. The number of carbonyl (C=O) groups excluding carboxylic acids is 1. The zero-order valence-electron chi connectivity index (χ0n) is 14.7. The first-order valence-corrected chi connectivity index (χ1v) is 8.55. The third-order valence-electron chi connectivity index (χ3n) is 5.06. The van der Waals surface area contributed by atoms with Crippen LogP contribution < -0.4 is 5.73 Å². The molecule has 6 nitrogen and oxygen atoms in total. The number of hydrogen-bond donors (Lipinski definition) is 2. The highest BCUT2D eigenvalue weighted by Gasteiger charge is 2.56. The number of carboxylic acids is 1. The third kappa shape index (κ3) is 2.98. The molecule has 0 spiro atoms. The van der Waals surface area contributed by atoms with Crippen molar-refractivity contribution in [2.24, 2.45) is 5.73 Å². The summed E-state index contributed by atoms with van der Waals surface area (Å²) in [4.78, 5) is 28.2. The predicted molar refractivity (Wildman–Crippen MR) is 98.3 cm³/mol. The van der Waals surface area contributed by atoms with E-state index in [1.54, 1.807) is 17.0 Å². The Morgan fingerprint density at radius 2 is 1.65 bits per heavy atom. The van der Waals surface area contributed by atoms with E-state index in [1.807, 2.05) is 60.5 Å². The Bertz CT molecular complexity index is 781. The maximum Gasteiger partial charge on any atom is 0.330 e. The zero-order valence-corrected chi connectivity index (χ0v) is 14.7. The number of nitrogens with two attached hydrogens (primary N) is 1. The minimum Gasteiger partial charge on any atom is -0.480 e. The van der Waals surface area contributed by atoms with Crippen LogP contribution in [0.3, 0.4) is 0 Å². The average molecular weight is 353 g/mol. The van der Waals surface area contributed by atoms with Gasteiger partial charge in [-0.1, -0.05) is 60.7 Å². The molecule has 1 saturated heterocycles. The second-order valence-electron chi connectivity index (χ2n) is 6.62. The van der Waals surface area contributed by atoms with Gasteiger partial charge in [0.2, 0.25) is 5.91 Å². The number of benzene rings is 2. The number of hydrogen-bond acceptors (Lipinski definition) is 4. The SMILES string of the molecule is CN1CCN(CC(N)=O)C(C(=O)O)(c2ccccc2)C1c1ccccc1. The quantitative estimate of drug-likeness (QED) is 0.849. The van der Waals surface area contributed by atoms with Crippen molar-refractivity contribution in [3.05, 3.63) is 71.8 Å². The van der Waals surface area contributed by atoms with Gasteiger partial charge in [0.15, 0.2) is 5.54 Å². The number of aliphatic carboxylic acids is 1. The van der Waals surface area contributed by atoms with Crippen molar-refractivity contribution >= 4 is 11.9 Å². The van der Waals surface area contributed by atoms with Gasteiger partial charge in [-0.05, 0) is 18.2 Å². The lowest BCUT2D eigenvalue weighted by Gasteiger charge is -2.53. The van der Waals surface area contributed by atoms with Gasteiger partial charge in [-0.25, -0.2) is 4.79 Å². The average Bonchev–Trinajstić information content (AvgIpc) is 2.63. The number of likely N-dealkylation sites (N-methyl/N-ethyl adjacent to an activating group) is 1. The second kappa shape index (κ2) is 7.27. The van der Waals surface area contributed by atoms with Crippen LogP contribution in [0.4, 0.5) is 0 Å². The van der Waals surface area contributed by atoms with E-state index in [0.29, 0.717) is 18.7 Å². The van der Waals surface area contributed by atoms with Crippen molar-refractivity contribution in [1.82, 2.24) is 9.80 Å². The molecule has 26 heavy (non-hydrogen) atoms. The topological polar surface area (TPSA) is 86.9 Å². The molecule has 136 valence electrons. The first-order chi connectivity index (χ1) is 12.5. The molecular formula is C20H23N3O3. The van der Waals surface area contributed by atoms with Crippen LogP contribution in [0, 0.1) is 0 Å². The van der Waals surface area contributed by atoms with E-state index in [4.69, 9.17) is 5.73 Å². The highest BCUT2D eigenvalue weighted by molar-refractivity contribution is 5.84. The minimum absolute atomic E-state index is 0.113. The number of carbonyl (C=O) groups is 2. The van der Waals surface area contributed by atoms with Gasteiger partial charge >= 0.3 is 5.97 Å². The van der Waals surface area contributed by atoms with Crippen molar-refractivity contribution in [3.63, 3.8) is 0 Å². The standard InChI is InChI=1S/C20H23N3O3/c1-22-12-13-23(14-17(21)24)20(19(25)26,16-10-6-3-7-11-16)18(22)15-8-4-2-5-9-15/h2-11,18H,12-14H2,1H3,(H2,21,24)(H,25,26). The largest absolute Gasteiger partial charge is 0.480 e. The summed E-state index contributed by atoms with van der Waals surface area (Å²) in [6.07, 6.45) is 0. The van der Waals surface area contributed by atoms with Crippen LogP contribution in [-0.4, -0.2) is 53.5 Å². The molecule has 1 amide bonds. The summed E-state index contributed by atoms with van der Waals surface area (Å²) < 4.78 is 0. The maximum absolute atomic E-state index is 12.8. The smallest absolute Gasteiger partial charge is 0.330 e. The molecule has 2 unspecified atom stereocenters. The lowest BCUT2D eigenvalue weighted by Crippen LogP contribution is -2.65. The van der Waals surface area contributed by atoms with E-state index >= 15 is 0 Å². The van der Waals surface area contributed by atoms with E-state index in [0.717, 1.165) is 5.56 Å². The fraction of sp³-hybridized carbons (Fsp3) is 0.300. The first kappa shape index (κ1) is 18.1. The van der Waals surface area contributed by atoms with Gasteiger partial charge in [0.25, 0.3) is 0 Å². The molecule has 1 fully saturated rings. The molecule has 2 atom stereocenters. The highest BCUT2D eigenvalue weighted by Crippen LogP contribution is 2.46. The molecule has 0 aromatic heterocycles. The molecule has 0 radical (unpaired) electrons. The van der Waals surface area contributed by atoms with Crippen molar-refractivity contribution in [3.8, 4) is 0 Å². The molecule has 1 heterocycles. The van der Waals surface area contributed by atoms with E-state index in [-0.39, 0.29) is 6.54 Å². The molecule has 3 rings (SSSR count). The Morgan fingerprint density at radius 3 is 2.19 bits per heavy atom. The molecule has 1 aliphatic rings. The molecule has 6 heteroatoms. The van der Waals surface area contributed by atoms with E-state index in [9.17, 15) is 14.7 Å². The Labute approximate surface area is 152 Å². The Morgan fingerprint density at radius 1 is 1.08 bits per heavy atom. The normalized spacial score (nSPS) is 24.3. The van der Waals surface area contributed by atoms with E-state index in [2.05, 4.69) is 0 Å². The Kier molecular flexibility index (Phi) is 5.06. The summed E-state index contributed by atoms with van der Waals surface area (Å²) in [6, 6.07) is 18.2. The minimum atomic E-state index is -1.41. The summed E-state index contributed by atoms with van der Waals surface area (Å²) in [6.45, 7) is 0.955. The van der Waals surface area contributed by atoms with Crippen molar-refractivity contribution in [1.29, 1.82) is 0 Å². The van der Waals surface area contributed by atoms with Gasteiger partial charge in [-0.15, -0.1) is 0 Å². The summed E-state index contributed by atoms with van der Waals surface area (Å²) in [5, 5.41) is 10.5. The van der Waals surface area contributed by atoms with Gasteiger partial charge in [0, 0.05) is 13.1 Å². The first-order valence-electron chi connectivity index (χ1n) is 8.55. The van der Waals surface area contributed by atoms with Crippen LogP contribution in [-0.2, 0) is 15.1 Å². The summed E-state index contributed by atoms with van der Waals surface area (Å²) in [5.41, 5.74) is 5.56. The van der Waals surface area contributed by atoms with Crippen LogP contribution in [0.1, 0.15) is 17.2 Å². The summed E-state index contributed by atoms with van der Waals surface area (Å²) in [7, 11) is 1.92. The number of rotatable bonds is 5. The van der Waals surface area contributed by atoms with Crippen molar-refractivity contribution in [2.45, 2.75) is 11.6 Å². The molecule has 2 aromatic carbocycles. The van der Waals surface area contributed by atoms with Crippen LogP contribution in [0.5, 0.6) is 0 Å². The van der Waals surface area contributed by atoms with Crippen molar-refractivity contribution < 1.29 is 14.7 Å². The Hall–Kier alpha value is -2.70. The monoisotopic (exact) mass is 353 g/mol. The third-order valence-corrected chi connectivity index (χ3v) is 5.06. The highest BCUT2D eigenvalue weighted by atomic mass is 16.4. The molecule has 3 N–H and O–H groups in total. The molecular weight excluding hydrogens is 330 g/mol. The molecule has 1 aliphatic heterocycles. The molecule has 0 aliphatic carbocycles. The number of piperazine rings is 1. The Balaban J connectivity index is 2.27. The van der Waals surface area contributed by atoms with Crippen molar-refractivity contribution in [2.75, 3.05) is 26.7 Å². The van der Waals surface area contributed by atoms with Crippen LogP contribution >= 0.6 is 0 Å². The summed E-state index contributed by atoms with van der Waals surface area (Å²) in [5.74, 6) is -1.53. The van der Waals surface area contributed by atoms with Gasteiger partial charge in [0.1, 0.15) is 0 Å². The fourth-order valence-corrected chi connectivity index (χ4v) is 4.01. The van der Waals surface area contributed by atoms with Gasteiger partial charge in [0.05, 0.1) is 12.6 Å². The zero-order chi connectivity index (χ0) is 18.7. The van der Waals surface area contributed by atoms with E-state index < -0.39 is 23.5 Å². The van der Waals surface area contributed by atoms with Crippen LogP contribution in [0.15, 0.2) is 60.7 Å². The summed E-state index contributed by atoms with van der Waals surface area (Å²) >= 11 is 0. The molecule has 0 bridgehead atoms. The number of nitrogens with zero attached hydrogens (tertiary/aromatic N) is 2. The lowest BCUT2D eigenvalue weighted by molar-refractivity contribution is -0.165. The van der Waals surface area contributed by atoms with E-state index in [1.165, 1.54) is 0 Å².